The van der Waals surface area contributed by atoms with Gasteiger partial charge in [0.15, 0.2) is 0 Å². The lowest BCUT2D eigenvalue weighted by Gasteiger charge is -2.55. The van der Waals surface area contributed by atoms with E-state index in [9.17, 15) is 4.79 Å². The third kappa shape index (κ3) is 3.54. The molecule has 1 aromatic heterocycles. The van der Waals surface area contributed by atoms with Gasteiger partial charge in [0.05, 0.1) is 11.3 Å². The van der Waals surface area contributed by atoms with E-state index in [0.29, 0.717) is 23.0 Å². The van der Waals surface area contributed by atoms with Crippen LogP contribution in [0.3, 0.4) is 0 Å². The molecule has 0 spiro atoms. The molecule has 4 fully saturated rings. The monoisotopic (exact) mass is 439 g/mol. The van der Waals surface area contributed by atoms with Gasteiger partial charge in [-0.1, -0.05) is 60.7 Å². The van der Waals surface area contributed by atoms with E-state index < -0.39 is 0 Å². The van der Waals surface area contributed by atoms with E-state index in [0.717, 1.165) is 44.8 Å². The maximum absolute atomic E-state index is 13.8. The van der Waals surface area contributed by atoms with Crippen LogP contribution < -0.4 is 5.32 Å². The van der Waals surface area contributed by atoms with Crippen LogP contribution in [0.1, 0.15) is 21.7 Å². The lowest BCUT2D eigenvalue weighted by atomic mass is 9.64. The Bertz CT molecular complexity index is 1150. The normalized spacial score (nSPS) is 30.1. The summed E-state index contributed by atoms with van der Waals surface area (Å²) in [5.41, 5.74) is 3.38. The summed E-state index contributed by atoms with van der Waals surface area (Å²) < 4.78 is 0. The average Bonchev–Trinajstić information content (AvgIpc) is 3.10. The van der Waals surface area contributed by atoms with Crippen LogP contribution in [0.2, 0.25) is 0 Å². The zero-order valence-electron chi connectivity index (χ0n) is 18.9. The summed E-state index contributed by atoms with van der Waals surface area (Å²) in [6.07, 6.45) is 1.69. The molecule has 6 nitrogen and oxygen atoms in total. The first kappa shape index (κ1) is 20.5. The molecular formula is C27H29N5O. The van der Waals surface area contributed by atoms with Gasteiger partial charge in [-0.3, -0.25) is 4.79 Å². The number of carbonyl (C=O) groups excluding carboxylic acids is 1. The van der Waals surface area contributed by atoms with Crippen LogP contribution in [0.4, 0.5) is 0 Å². The lowest BCUT2D eigenvalue weighted by molar-refractivity contribution is 0.0180. The van der Waals surface area contributed by atoms with Crippen molar-refractivity contribution in [2.75, 3.05) is 39.3 Å². The number of aromatic nitrogens is 2. The van der Waals surface area contributed by atoms with Gasteiger partial charge in [0.1, 0.15) is 5.82 Å². The third-order valence-corrected chi connectivity index (χ3v) is 7.63. The number of amides is 1. The van der Waals surface area contributed by atoms with Crippen molar-refractivity contribution in [3.8, 4) is 11.3 Å². The quantitative estimate of drug-likeness (QED) is 0.677. The van der Waals surface area contributed by atoms with Crippen LogP contribution in [-0.2, 0) is 5.41 Å². The maximum atomic E-state index is 13.8. The molecule has 7 rings (SSSR count). The molecule has 0 aliphatic carbocycles. The van der Waals surface area contributed by atoms with E-state index in [1.54, 1.807) is 6.20 Å². The Labute approximate surface area is 194 Å². The van der Waals surface area contributed by atoms with Crippen LogP contribution in [0.15, 0.2) is 66.9 Å². The third-order valence-electron chi connectivity index (χ3n) is 7.63. The second kappa shape index (κ2) is 8.04. The molecule has 33 heavy (non-hydrogen) atoms. The standard InChI is InChI=1S/C27H29N5O/c1-19-28-14-23(24(29-19)20-8-4-2-5-9-20)26(33)30-25-21-15-31-12-13-32(16-21)18-27(25,17-31)22-10-6-3-7-11-22/h2-11,14,21,25H,12-13,15-18H2,1H3,(H,30,33)/t21?,25-,27?/m1/s1. The van der Waals surface area contributed by atoms with Gasteiger partial charge in [0.2, 0.25) is 0 Å². The summed E-state index contributed by atoms with van der Waals surface area (Å²) in [4.78, 5) is 28.0. The van der Waals surface area contributed by atoms with Crippen LogP contribution >= 0.6 is 0 Å². The number of piperidine rings is 2. The van der Waals surface area contributed by atoms with E-state index in [4.69, 9.17) is 0 Å². The van der Waals surface area contributed by atoms with Crippen molar-refractivity contribution in [1.82, 2.24) is 25.1 Å². The molecule has 0 saturated carbocycles. The van der Waals surface area contributed by atoms with Crippen LogP contribution in [0.25, 0.3) is 11.3 Å². The molecule has 4 aliphatic rings. The zero-order chi connectivity index (χ0) is 22.4. The molecule has 6 heteroatoms. The molecule has 0 radical (unpaired) electrons. The van der Waals surface area contributed by atoms with Crippen LogP contribution in [0, 0.1) is 12.8 Å². The number of fused-ring (bicyclic) bond motifs is 1. The summed E-state index contributed by atoms with van der Waals surface area (Å²) in [6.45, 7) is 8.10. The maximum Gasteiger partial charge on any atom is 0.255 e. The Kier molecular flexibility index (Phi) is 5.00. The summed E-state index contributed by atoms with van der Waals surface area (Å²) in [5.74, 6) is 0.980. The molecule has 4 saturated heterocycles. The predicted molar refractivity (Wildman–Crippen MR) is 128 cm³/mol. The van der Waals surface area contributed by atoms with Gasteiger partial charge in [-0.25, -0.2) is 9.97 Å². The first-order valence-electron chi connectivity index (χ1n) is 11.8. The summed E-state index contributed by atoms with van der Waals surface area (Å²) in [7, 11) is 0. The topological polar surface area (TPSA) is 61.4 Å². The highest BCUT2D eigenvalue weighted by atomic mass is 16.1. The highest BCUT2D eigenvalue weighted by molar-refractivity contribution is 6.00. The number of rotatable bonds is 4. The van der Waals surface area contributed by atoms with E-state index in [1.807, 2.05) is 37.3 Å². The van der Waals surface area contributed by atoms with Crippen LogP contribution in [-0.4, -0.2) is 71.0 Å². The SMILES string of the molecule is Cc1ncc(C(=O)N[C@@H]2C3CN4CCN(C3)CC2(c2ccccc2)C4)c(-c2ccccc2)n1. The fourth-order valence-electron chi connectivity index (χ4n) is 6.24. The Hall–Kier alpha value is -3.09. The van der Waals surface area contributed by atoms with Gasteiger partial charge in [0, 0.05) is 68.4 Å². The van der Waals surface area contributed by atoms with E-state index >= 15 is 0 Å². The first-order valence-corrected chi connectivity index (χ1v) is 11.8. The Morgan fingerprint density at radius 1 is 0.970 bits per heavy atom. The van der Waals surface area contributed by atoms with Gasteiger partial charge in [-0.05, 0) is 12.5 Å². The number of nitrogens with one attached hydrogen (secondary N) is 1. The van der Waals surface area contributed by atoms with Crippen molar-refractivity contribution >= 4 is 5.91 Å². The Morgan fingerprint density at radius 3 is 2.27 bits per heavy atom. The van der Waals surface area contributed by atoms with E-state index in [-0.39, 0.29) is 17.4 Å². The number of hydrogen-bond donors (Lipinski definition) is 1. The first-order chi connectivity index (χ1) is 16.1. The minimum atomic E-state index is -0.118. The molecule has 4 bridgehead atoms. The Morgan fingerprint density at radius 2 is 1.61 bits per heavy atom. The minimum Gasteiger partial charge on any atom is -0.348 e. The number of nitrogens with zero attached hydrogens (tertiary/aromatic N) is 4. The van der Waals surface area contributed by atoms with Gasteiger partial charge in [-0.2, -0.15) is 0 Å². The Balaban J connectivity index is 1.39. The second-order valence-electron chi connectivity index (χ2n) is 9.75. The average molecular weight is 440 g/mol. The highest BCUT2D eigenvalue weighted by Crippen LogP contribution is 2.43. The smallest absolute Gasteiger partial charge is 0.255 e. The molecule has 3 atom stereocenters. The molecule has 168 valence electrons. The van der Waals surface area contributed by atoms with Crippen molar-refractivity contribution < 1.29 is 4.79 Å². The molecule has 1 N–H and O–H groups in total. The van der Waals surface area contributed by atoms with Gasteiger partial charge < -0.3 is 15.1 Å². The molecule has 4 aliphatic heterocycles. The lowest BCUT2D eigenvalue weighted by Crippen LogP contribution is -2.70. The molecule has 2 aromatic carbocycles. The van der Waals surface area contributed by atoms with Crippen molar-refractivity contribution in [3.05, 3.63) is 83.8 Å². The highest BCUT2D eigenvalue weighted by Gasteiger charge is 2.55. The fourth-order valence-corrected chi connectivity index (χ4v) is 6.24. The fraction of sp³-hybridized carbons (Fsp3) is 0.370. The molecule has 1 amide bonds. The predicted octanol–water partition coefficient (Wildman–Crippen LogP) is 2.75. The van der Waals surface area contributed by atoms with Crippen molar-refractivity contribution in [3.63, 3.8) is 0 Å². The largest absolute Gasteiger partial charge is 0.348 e. The second-order valence-corrected chi connectivity index (χ2v) is 9.75. The molecule has 5 heterocycles. The van der Waals surface area contributed by atoms with E-state index in [2.05, 4.69) is 55.4 Å². The zero-order valence-corrected chi connectivity index (χ0v) is 18.9. The minimum absolute atomic E-state index is 0.0722. The van der Waals surface area contributed by atoms with E-state index in [1.165, 1.54) is 5.56 Å². The van der Waals surface area contributed by atoms with Crippen LogP contribution in [0.5, 0.6) is 0 Å². The number of aryl methyl sites for hydroxylation is 1. The van der Waals surface area contributed by atoms with Gasteiger partial charge >= 0.3 is 0 Å². The summed E-state index contributed by atoms with van der Waals surface area (Å²) >= 11 is 0. The summed E-state index contributed by atoms with van der Waals surface area (Å²) in [5, 5.41) is 3.50. The van der Waals surface area contributed by atoms with Gasteiger partial charge in [0.25, 0.3) is 5.91 Å². The molecule has 2 unspecified atom stereocenters. The number of benzene rings is 2. The van der Waals surface area contributed by atoms with Crippen molar-refractivity contribution in [2.24, 2.45) is 5.92 Å². The summed E-state index contributed by atoms with van der Waals surface area (Å²) in [6, 6.07) is 20.8. The van der Waals surface area contributed by atoms with Gasteiger partial charge in [-0.15, -0.1) is 0 Å². The van der Waals surface area contributed by atoms with Crippen molar-refractivity contribution in [2.45, 2.75) is 18.4 Å². The number of hydrogen-bond acceptors (Lipinski definition) is 5. The number of carbonyl (C=O) groups is 1. The van der Waals surface area contributed by atoms with Crippen molar-refractivity contribution in [1.29, 1.82) is 0 Å². The molecule has 3 aromatic rings. The molecular weight excluding hydrogens is 410 g/mol.